The highest BCUT2D eigenvalue weighted by Gasteiger charge is 2.14. The topological polar surface area (TPSA) is 119 Å². The predicted octanol–water partition coefficient (Wildman–Crippen LogP) is 3.14. The van der Waals surface area contributed by atoms with Gasteiger partial charge in [0.15, 0.2) is 0 Å². The molecule has 3 N–H and O–H groups in total. The van der Waals surface area contributed by atoms with Gasteiger partial charge >= 0.3 is 0 Å². The molecule has 2 aromatic heterocycles. The van der Waals surface area contributed by atoms with Crippen LogP contribution < -0.4 is 15.4 Å². The van der Waals surface area contributed by atoms with Crippen LogP contribution in [-0.2, 0) is 17.1 Å². The summed E-state index contributed by atoms with van der Waals surface area (Å²) in [4.78, 5) is 10.5. The molecular formula is C21H23N7O2S. The molecule has 160 valence electrons. The molecule has 4 rings (SSSR count). The maximum Gasteiger partial charge on any atom is 0.238 e. The molecule has 0 saturated heterocycles. The Labute approximate surface area is 184 Å². The molecule has 10 heteroatoms. The Hall–Kier alpha value is -3.50. The molecule has 0 radical (unpaired) electrons. The van der Waals surface area contributed by atoms with Gasteiger partial charge in [0.25, 0.3) is 0 Å². The van der Waals surface area contributed by atoms with E-state index in [2.05, 4.69) is 20.4 Å². The van der Waals surface area contributed by atoms with Crippen LogP contribution in [0.5, 0.6) is 0 Å². The third-order valence-corrected chi connectivity index (χ3v) is 5.99. The summed E-state index contributed by atoms with van der Waals surface area (Å²) >= 11 is 0. The van der Waals surface area contributed by atoms with Crippen LogP contribution in [0.15, 0.2) is 53.6 Å². The number of primary sulfonamides is 1. The van der Waals surface area contributed by atoms with Crippen LogP contribution in [0.1, 0.15) is 15.4 Å². The molecule has 0 unspecified atom stereocenters. The van der Waals surface area contributed by atoms with Gasteiger partial charge in [-0.1, -0.05) is 6.07 Å². The van der Waals surface area contributed by atoms with Crippen molar-refractivity contribution in [1.29, 1.82) is 0 Å². The molecule has 31 heavy (non-hydrogen) atoms. The number of anilines is 4. The lowest BCUT2D eigenvalue weighted by Gasteiger charge is -2.19. The summed E-state index contributed by atoms with van der Waals surface area (Å²) in [6.45, 7) is -0.613. The Morgan fingerprint density at radius 1 is 1.19 bits per heavy atom. The number of nitrogens with zero attached hydrogens (tertiary/aromatic N) is 5. The van der Waals surface area contributed by atoms with Gasteiger partial charge in [-0.2, -0.15) is 10.1 Å². The van der Waals surface area contributed by atoms with Gasteiger partial charge in [-0.15, -0.1) is 0 Å². The number of sulfonamides is 1. The smallest absolute Gasteiger partial charge is 0.238 e. The minimum Gasteiger partial charge on any atom is -0.329 e. The maximum atomic E-state index is 11.8. The molecule has 2 aromatic carbocycles. The highest BCUT2D eigenvalue weighted by atomic mass is 32.2. The Bertz CT molecular complexity index is 1500. The summed E-state index contributed by atoms with van der Waals surface area (Å²) in [6.07, 6.45) is 1.57. The van der Waals surface area contributed by atoms with Crippen LogP contribution in [0.3, 0.4) is 0 Å². The SMILES string of the molecule is [2H]C([2H])([2H])c1c2ccc(N(C)c3ccnc(Nc4ccc(C)c(S(N)(=O)=O)c4)n3)cc2nn1C. The molecule has 0 amide bonds. The van der Waals surface area contributed by atoms with Gasteiger partial charge in [0, 0.05) is 46.9 Å². The molecule has 0 bridgehead atoms. The van der Waals surface area contributed by atoms with Gasteiger partial charge in [0.05, 0.1) is 10.4 Å². The fourth-order valence-corrected chi connectivity index (χ4v) is 4.05. The molecule has 4 aromatic rings. The molecule has 0 aliphatic heterocycles. The Balaban J connectivity index is 1.64. The Morgan fingerprint density at radius 3 is 2.74 bits per heavy atom. The number of benzene rings is 2. The minimum atomic E-state index is -3.87. The van der Waals surface area contributed by atoms with Crippen LogP contribution >= 0.6 is 0 Å². The van der Waals surface area contributed by atoms with Crippen molar-refractivity contribution in [2.75, 3.05) is 17.3 Å². The summed E-state index contributed by atoms with van der Waals surface area (Å²) in [5.74, 6) is 0.819. The first-order chi connectivity index (χ1) is 15.8. The monoisotopic (exact) mass is 440 g/mol. The van der Waals surface area contributed by atoms with Crippen LogP contribution in [0.25, 0.3) is 10.9 Å². The van der Waals surface area contributed by atoms with Crippen LogP contribution in [0, 0.1) is 13.8 Å². The van der Waals surface area contributed by atoms with E-state index in [-0.39, 0.29) is 16.5 Å². The van der Waals surface area contributed by atoms with Crippen molar-refractivity contribution in [2.45, 2.75) is 18.7 Å². The van der Waals surface area contributed by atoms with E-state index in [0.29, 0.717) is 28.0 Å². The number of hydrogen-bond donors (Lipinski definition) is 2. The van der Waals surface area contributed by atoms with E-state index in [1.165, 1.54) is 10.7 Å². The highest BCUT2D eigenvalue weighted by molar-refractivity contribution is 7.89. The molecule has 0 fully saturated rings. The first kappa shape index (κ1) is 17.2. The van der Waals surface area contributed by atoms with Crippen molar-refractivity contribution in [3.05, 3.63) is 59.9 Å². The fraction of sp³-hybridized carbons (Fsp3) is 0.190. The van der Waals surface area contributed by atoms with Gasteiger partial charge in [0.1, 0.15) is 5.82 Å². The van der Waals surface area contributed by atoms with Crippen LogP contribution in [-0.4, -0.2) is 35.2 Å². The van der Waals surface area contributed by atoms with E-state index in [1.807, 2.05) is 7.05 Å². The van der Waals surface area contributed by atoms with E-state index in [9.17, 15) is 8.42 Å². The van der Waals surface area contributed by atoms with Gasteiger partial charge in [-0.25, -0.2) is 18.5 Å². The first-order valence-corrected chi connectivity index (χ1v) is 10.8. The van der Waals surface area contributed by atoms with Crippen molar-refractivity contribution >= 4 is 44.1 Å². The van der Waals surface area contributed by atoms with Crippen molar-refractivity contribution < 1.29 is 12.5 Å². The van der Waals surface area contributed by atoms with E-state index in [4.69, 9.17) is 9.25 Å². The molecule has 9 nitrogen and oxygen atoms in total. The lowest BCUT2D eigenvalue weighted by molar-refractivity contribution is 0.597. The summed E-state index contributed by atoms with van der Waals surface area (Å²) in [7, 11) is -0.444. The lowest BCUT2D eigenvalue weighted by atomic mass is 10.2. The number of rotatable bonds is 5. The number of nitrogens with one attached hydrogen (secondary N) is 1. The Kier molecular flexibility index (Phi) is 4.24. The van der Waals surface area contributed by atoms with Gasteiger partial charge in [-0.3, -0.25) is 4.68 Å². The van der Waals surface area contributed by atoms with E-state index in [1.54, 1.807) is 61.5 Å². The largest absolute Gasteiger partial charge is 0.329 e. The number of fused-ring (bicyclic) bond motifs is 1. The Morgan fingerprint density at radius 2 is 2.00 bits per heavy atom. The molecule has 0 spiro atoms. The second-order valence-electron chi connectivity index (χ2n) is 7.12. The van der Waals surface area contributed by atoms with Crippen molar-refractivity contribution in [3.63, 3.8) is 0 Å². The summed E-state index contributed by atoms with van der Waals surface area (Å²) in [5.41, 5.74) is 2.50. The quantitative estimate of drug-likeness (QED) is 0.489. The molecule has 0 saturated carbocycles. The molecule has 0 atom stereocenters. The normalized spacial score (nSPS) is 13.5. The third-order valence-electron chi connectivity index (χ3n) is 4.94. The second kappa shape index (κ2) is 7.64. The third kappa shape index (κ3) is 4.07. The second-order valence-corrected chi connectivity index (χ2v) is 8.65. The zero-order valence-corrected chi connectivity index (χ0v) is 18.0. The van der Waals surface area contributed by atoms with Crippen molar-refractivity contribution in [1.82, 2.24) is 19.7 Å². The minimum absolute atomic E-state index is 0.0193. The summed E-state index contributed by atoms with van der Waals surface area (Å²) < 4.78 is 48.3. The van der Waals surface area contributed by atoms with Gasteiger partial charge in [-0.05, 0) is 55.7 Å². The lowest BCUT2D eigenvalue weighted by Crippen LogP contribution is -2.14. The average molecular weight is 441 g/mol. The maximum absolute atomic E-state index is 11.8. The van der Waals surface area contributed by atoms with E-state index in [0.717, 1.165) is 5.69 Å². The summed E-state index contributed by atoms with van der Waals surface area (Å²) in [6, 6.07) is 11.8. The van der Waals surface area contributed by atoms with Gasteiger partial charge in [0.2, 0.25) is 16.0 Å². The molecule has 2 heterocycles. The standard InChI is InChI=1S/C21H23N7O2S/c1-13-5-6-15(11-19(13)31(22,29)30)24-21-23-10-9-20(25-21)27(3)16-7-8-17-14(2)28(4)26-18(17)12-16/h5-12H,1-4H3,(H2,22,29,30)(H,23,24,25)/i2D3. The summed E-state index contributed by atoms with van der Waals surface area (Å²) in [5, 5.41) is 13.2. The number of hydrogen-bond acceptors (Lipinski definition) is 7. The molecular weight excluding hydrogens is 414 g/mol. The molecule has 0 aliphatic rings. The van der Waals surface area contributed by atoms with E-state index < -0.39 is 16.9 Å². The average Bonchev–Trinajstić information content (AvgIpc) is 3.09. The van der Waals surface area contributed by atoms with Crippen LogP contribution in [0.4, 0.5) is 23.1 Å². The zero-order valence-electron chi connectivity index (χ0n) is 20.2. The van der Waals surface area contributed by atoms with Crippen molar-refractivity contribution in [3.8, 4) is 0 Å². The first-order valence-electron chi connectivity index (χ1n) is 10.8. The van der Waals surface area contributed by atoms with Gasteiger partial charge < -0.3 is 10.2 Å². The van der Waals surface area contributed by atoms with E-state index >= 15 is 0 Å². The fourth-order valence-electron chi connectivity index (χ4n) is 3.24. The number of aromatic nitrogens is 4. The predicted molar refractivity (Wildman–Crippen MR) is 121 cm³/mol. The van der Waals surface area contributed by atoms with Crippen LogP contribution in [0.2, 0.25) is 0 Å². The number of nitrogens with two attached hydrogens (primary N) is 1. The number of aryl methyl sites for hydroxylation is 3. The van der Waals surface area contributed by atoms with Crippen molar-refractivity contribution in [2.24, 2.45) is 12.2 Å². The highest BCUT2D eigenvalue weighted by Crippen LogP contribution is 2.28. The zero-order chi connectivity index (χ0) is 24.8. The molecule has 0 aliphatic carbocycles.